The molecular formula is C10H16F3NO3. The Morgan fingerprint density at radius 2 is 1.71 bits per heavy atom. The molecule has 0 radical (unpaired) electrons. The Balaban J connectivity index is 1.65. The van der Waals surface area contributed by atoms with Crippen molar-refractivity contribution in [3.63, 3.8) is 0 Å². The van der Waals surface area contributed by atoms with Gasteiger partial charge in [-0.25, -0.2) is 0 Å². The predicted molar refractivity (Wildman–Crippen MR) is 52.3 cm³/mol. The monoisotopic (exact) mass is 255 g/mol. The highest BCUT2D eigenvalue weighted by Gasteiger charge is 2.39. The summed E-state index contributed by atoms with van der Waals surface area (Å²) < 4.78 is 50.1. The van der Waals surface area contributed by atoms with E-state index in [0.717, 1.165) is 0 Å². The van der Waals surface area contributed by atoms with Gasteiger partial charge in [-0.1, -0.05) is 0 Å². The molecule has 1 spiro atoms. The van der Waals surface area contributed by atoms with Crippen LogP contribution in [0.4, 0.5) is 13.2 Å². The average molecular weight is 255 g/mol. The van der Waals surface area contributed by atoms with Gasteiger partial charge in [0.05, 0.1) is 19.8 Å². The average Bonchev–Trinajstić information content (AvgIpc) is 2.68. The Morgan fingerprint density at radius 1 is 1.12 bits per heavy atom. The van der Waals surface area contributed by atoms with Crippen LogP contribution in [0.5, 0.6) is 0 Å². The van der Waals surface area contributed by atoms with E-state index in [2.05, 4.69) is 4.74 Å². The number of likely N-dealkylation sites (tertiary alicyclic amines) is 1. The molecule has 2 aliphatic heterocycles. The normalized spacial score (nSPS) is 25.6. The van der Waals surface area contributed by atoms with Gasteiger partial charge < -0.3 is 14.4 Å². The number of piperidine rings is 1. The Bertz CT molecular complexity index is 244. The van der Waals surface area contributed by atoms with Gasteiger partial charge in [-0.15, -0.1) is 13.2 Å². The van der Waals surface area contributed by atoms with Crippen LogP contribution in [0, 0.1) is 0 Å². The fraction of sp³-hybridized carbons (Fsp3) is 1.00. The van der Waals surface area contributed by atoms with E-state index in [4.69, 9.17) is 9.47 Å². The van der Waals surface area contributed by atoms with Gasteiger partial charge in [-0.05, 0) is 0 Å². The second-order valence-electron chi connectivity index (χ2n) is 4.24. The number of nitrogens with zero attached hydrogens (tertiary/aromatic N) is 1. The summed E-state index contributed by atoms with van der Waals surface area (Å²) in [6, 6.07) is 0. The summed E-state index contributed by atoms with van der Waals surface area (Å²) in [4.78, 5) is 1.93. The Labute approximate surface area is 97.6 Å². The molecule has 2 fully saturated rings. The summed E-state index contributed by atoms with van der Waals surface area (Å²) in [5.74, 6) is -0.471. The van der Waals surface area contributed by atoms with Gasteiger partial charge >= 0.3 is 6.36 Å². The van der Waals surface area contributed by atoms with Crippen molar-refractivity contribution in [1.82, 2.24) is 4.90 Å². The van der Waals surface area contributed by atoms with Gasteiger partial charge in [0.15, 0.2) is 5.79 Å². The van der Waals surface area contributed by atoms with Crippen molar-refractivity contribution in [2.24, 2.45) is 0 Å². The van der Waals surface area contributed by atoms with Gasteiger partial charge in [-0.3, -0.25) is 4.74 Å². The molecule has 100 valence electrons. The number of hydrogen-bond donors (Lipinski definition) is 0. The molecule has 0 amide bonds. The summed E-state index contributed by atoms with van der Waals surface area (Å²) in [5, 5.41) is 0. The fourth-order valence-electron chi connectivity index (χ4n) is 2.19. The molecular weight excluding hydrogens is 239 g/mol. The summed E-state index contributed by atoms with van der Waals surface area (Å²) in [7, 11) is 0. The lowest BCUT2D eigenvalue weighted by Crippen LogP contribution is -2.46. The van der Waals surface area contributed by atoms with Crippen LogP contribution in [0.1, 0.15) is 12.8 Å². The van der Waals surface area contributed by atoms with Gasteiger partial charge in [0.2, 0.25) is 0 Å². The van der Waals surface area contributed by atoms with Gasteiger partial charge in [-0.2, -0.15) is 0 Å². The minimum Gasteiger partial charge on any atom is -0.347 e. The molecule has 2 aliphatic rings. The molecule has 0 unspecified atom stereocenters. The number of hydrogen-bond acceptors (Lipinski definition) is 4. The van der Waals surface area contributed by atoms with Crippen molar-refractivity contribution in [2.45, 2.75) is 25.0 Å². The van der Waals surface area contributed by atoms with E-state index in [-0.39, 0.29) is 13.2 Å². The van der Waals surface area contributed by atoms with Crippen LogP contribution in [0.25, 0.3) is 0 Å². The Kier molecular flexibility index (Phi) is 3.92. The largest absolute Gasteiger partial charge is 0.522 e. The lowest BCUT2D eigenvalue weighted by molar-refractivity contribution is -0.325. The van der Waals surface area contributed by atoms with Crippen LogP contribution < -0.4 is 0 Å². The predicted octanol–water partition coefficient (Wildman–Crippen LogP) is 1.36. The first kappa shape index (κ1) is 13.1. The third kappa shape index (κ3) is 3.80. The van der Waals surface area contributed by atoms with Gasteiger partial charge in [0, 0.05) is 32.5 Å². The van der Waals surface area contributed by atoms with Crippen LogP contribution in [0.3, 0.4) is 0 Å². The van der Waals surface area contributed by atoms with Crippen molar-refractivity contribution >= 4 is 0 Å². The summed E-state index contributed by atoms with van der Waals surface area (Å²) in [6.07, 6.45) is -3.12. The van der Waals surface area contributed by atoms with Gasteiger partial charge in [0.1, 0.15) is 0 Å². The quantitative estimate of drug-likeness (QED) is 0.762. The third-order valence-corrected chi connectivity index (χ3v) is 3.10. The zero-order chi connectivity index (χ0) is 12.4. The first-order chi connectivity index (χ1) is 7.99. The Hall–Kier alpha value is -0.370. The first-order valence-corrected chi connectivity index (χ1v) is 5.70. The topological polar surface area (TPSA) is 30.9 Å². The van der Waals surface area contributed by atoms with Crippen LogP contribution >= 0.6 is 0 Å². The zero-order valence-corrected chi connectivity index (χ0v) is 9.46. The number of ether oxygens (including phenoxy) is 3. The standard InChI is InChI=1S/C10H16F3NO3/c11-10(12,13)17-6-5-14-3-1-9(2-4-14)15-7-8-16-9/h1-8H2. The van der Waals surface area contributed by atoms with E-state index in [1.54, 1.807) is 0 Å². The minimum absolute atomic E-state index is 0.287. The second-order valence-corrected chi connectivity index (χ2v) is 4.24. The second kappa shape index (κ2) is 5.09. The lowest BCUT2D eigenvalue weighted by atomic mass is 10.0. The van der Waals surface area contributed by atoms with E-state index in [9.17, 15) is 13.2 Å². The highest BCUT2D eigenvalue weighted by Crippen LogP contribution is 2.31. The Morgan fingerprint density at radius 3 is 2.24 bits per heavy atom. The van der Waals surface area contributed by atoms with Gasteiger partial charge in [0.25, 0.3) is 0 Å². The van der Waals surface area contributed by atoms with E-state index in [0.29, 0.717) is 39.1 Å². The number of alkyl halides is 3. The van der Waals surface area contributed by atoms with Crippen molar-refractivity contribution in [1.29, 1.82) is 0 Å². The highest BCUT2D eigenvalue weighted by molar-refractivity contribution is 4.82. The molecule has 0 aromatic rings. The third-order valence-electron chi connectivity index (χ3n) is 3.10. The maximum absolute atomic E-state index is 11.8. The van der Waals surface area contributed by atoms with E-state index < -0.39 is 12.1 Å². The minimum atomic E-state index is -4.53. The van der Waals surface area contributed by atoms with E-state index in [1.807, 2.05) is 4.90 Å². The molecule has 0 aliphatic carbocycles. The van der Waals surface area contributed by atoms with Crippen LogP contribution in [-0.2, 0) is 14.2 Å². The molecule has 0 bridgehead atoms. The fourth-order valence-corrected chi connectivity index (χ4v) is 2.19. The molecule has 7 heteroatoms. The summed E-state index contributed by atoms with van der Waals surface area (Å²) in [6.45, 7) is 2.55. The van der Waals surface area contributed by atoms with Crippen molar-refractivity contribution in [3.05, 3.63) is 0 Å². The van der Waals surface area contributed by atoms with Crippen LogP contribution in [-0.4, -0.2) is 56.5 Å². The molecule has 0 atom stereocenters. The van der Waals surface area contributed by atoms with E-state index in [1.165, 1.54) is 0 Å². The number of rotatable bonds is 3. The molecule has 4 nitrogen and oxygen atoms in total. The smallest absolute Gasteiger partial charge is 0.347 e. The van der Waals surface area contributed by atoms with Crippen LogP contribution in [0.15, 0.2) is 0 Å². The molecule has 0 aromatic heterocycles. The van der Waals surface area contributed by atoms with Crippen LogP contribution in [0.2, 0.25) is 0 Å². The lowest BCUT2D eigenvalue weighted by Gasteiger charge is -2.37. The molecule has 0 aromatic carbocycles. The highest BCUT2D eigenvalue weighted by atomic mass is 19.4. The molecule has 2 rings (SSSR count). The summed E-state index contributed by atoms with van der Waals surface area (Å²) in [5.41, 5.74) is 0. The molecule has 0 N–H and O–H groups in total. The summed E-state index contributed by atoms with van der Waals surface area (Å²) >= 11 is 0. The SMILES string of the molecule is FC(F)(F)OCCN1CCC2(CC1)OCCO2. The zero-order valence-electron chi connectivity index (χ0n) is 9.46. The number of halogens is 3. The van der Waals surface area contributed by atoms with E-state index >= 15 is 0 Å². The molecule has 0 saturated carbocycles. The molecule has 2 saturated heterocycles. The maximum atomic E-state index is 11.8. The van der Waals surface area contributed by atoms with Crippen molar-refractivity contribution in [2.75, 3.05) is 39.5 Å². The maximum Gasteiger partial charge on any atom is 0.522 e. The first-order valence-electron chi connectivity index (χ1n) is 5.70. The molecule has 17 heavy (non-hydrogen) atoms. The van der Waals surface area contributed by atoms with Crippen molar-refractivity contribution in [3.8, 4) is 0 Å². The van der Waals surface area contributed by atoms with Crippen molar-refractivity contribution < 1.29 is 27.4 Å². The molecule has 2 heterocycles.